The summed E-state index contributed by atoms with van der Waals surface area (Å²) in [7, 11) is 0. The Kier molecular flexibility index (Phi) is 3.41. The van der Waals surface area contributed by atoms with Crippen LogP contribution in [0.1, 0.15) is 38.3 Å². The molecular formula is C12H21N3. The van der Waals surface area contributed by atoms with E-state index in [-0.39, 0.29) is 0 Å². The fourth-order valence-electron chi connectivity index (χ4n) is 2.60. The summed E-state index contributed by atoms with van der Waals surface area (Å²) in [6, 6.07) is 0. The second-order valence-electron chi connectivity index (χ2n) is 4.76. The Hall–Kier alpha value is -0.830. The van der Waals surface area contributed by atoms with E-state index in [1.807, 2.05) is 12.5 Å². The van der Waals surface area contributed by atoms with Crippen LogP contribution in [0.2, 0.25) is 0 Å². The topological polar surface area (TPSA) is 43.8 Å². The van der Waals surface area contributed by atoms with Crippen molar-refractivity contribution >= 4 is 0 Å². The molecule has 2 rings (SSSR count). The van der Waals surface area contributed by atoms with Crippen LogP contribution in [0.3, 0.4) is 0 Å². The summed E-state index contributed by atoms with van der Waals surface area (Å²) in [6.45, 7) is 4.08. The molecule has 3 heteroatoms. The van der Waals surface area contributed by atoms with E-state index in [4.69, 9.17) is 5.73 Å². The second kappa shape index (κ2) is 4.79. The van der Waals surface area contributed by atoms with Gasteiger partial charge < -0.3 is 10.3 Å². The van der Waals surface area contributed by atoms with Crippen molar-refractivity contribution in [2.75, 3.05) is 0 Å². The fraction of sp³-hybridized carbons (Fsp3) is 0.750. The summed E-state index contributed by atoms with van der Waals surface area (Å²) in [5, 5.41) is 0. The molecule has 1 aliphatic carbocycles. The molecule has 2 unspecified atom stereocenters. The largest absolute Gasteiger partial charge is 0.333 e. The van der Waals surface area contributed by atoms with E-state index >= 15 is 0 Å². The predicted molar refractivity (Wildman–Crippen MR) is 61.2 cm³/mol. The molecule has 1 fully saturated rings. The Bertz CT molecular complexity index is 306. The van der Waals surface area contributed by atoms with Crippen LogP contribution in [0.4, 0.5) is 0 Å². The minimum Gasteiger partial charge on any atom is -0.333 e. The first kappa shape index (κ1) is 10.7. The van der Waals surface area contributed by atoms with Crippen LogP contribution >= 0.6 is 0 Å². The Balaban J connectivity index is 2.01. The zero-order chi connectivity index (χ0) is 10.7. The summed E-state index contributed by atoms with van der Waals surface area (Å²) >= 11 is 0. The summed E-state index contributed by atoms with van der Waals surface area (Å²) in [5.41, 5.74) is 6.83. The highest BCUT2D eigenvalue weighted by molar-refractivity contribution is 4.97. The number of rotatable bonds is 3. The normalized spacial score (nSPS) is 26.8. The van der Waals surface area contributed by atoms with Crippen LogP contribution in [0.25, 0.3) is 0 Å². The maximum absolute atomic E-state index is 5.67. The lowest BCUT2D eigenvalue weighted by Crippen LogP contribution is -2.23. The van der Waals surface area contributed by atoms with Gasteiger partial charge in [-0.1, -0.05) is 26.2 Å². The van der Waals surface area contributed by atoms with Gasteiger partial charge >= 0.3 is 0 Å². The number of nitrogens with zero attached hydrogens (tertiary/aromatic N) is 2. The number of aromatic nitrogens is 2. The Morgan fingerprint density at radius 1 is 1.47 bits per heavy atom. The third-order valence-corrected chi connectivity index (χ3v) is 3.73. The third-order valence-electron chi connectivity index (χ3n) is 3.73. The maximum Gasteiger partial charge on any atom is 0.0948 e. The zero-order valence-electron chi connectivity index (χ0n) is 9.52. The molecule has 2 N–H and O–H groups in total. The minimum atomic E-state index is 0.598. The van der Waals surface area contributed by atoms with E-state index in [1.165, 1.54) is 25.7 Å². The molecule has 1 saturated carbocycles. The molecule has 0 saturated heterocycles. The number of nitrogens with two attached hydrogens (primary N) is 1. The van der Waals surface area contributed by atoms with E-state index < -0.39 is 0 Å². The highest BCUT2D eigenvalue weighted by Crippen LogP contribution is 2.30. The molecule has 1 aromatic heterocycles. The van der Waals surface area contributed by atoms with Crippen molar-refractivity contribution in [3.63, 3.8) is 0 Å². The van der Waals surface area contributed by atoms with Crippen LogP contribution < -0.4 is 5.73 Å². The predicted octanol–water partition coefficient (Wildman–Crippen LogP) is 2.17. The van der Waals surface area contributed by atoms with Crippen molar-refractivity contribution in [1.29, 1.82) is 0 Å². The van der Waals surface area contributed by atoms with Gasteiger partial charge in [-0.15, -0.1) is 0 Å². The first-order chi connectivity index (χ1) is 7.31. The van der Waals surface area contributed by atoms with E-state index in [1.54, 1.807) is 0 Å². The van der Waals surface area contributed by atoms with Gasteiger partial charge in [0.25, 0.3) is 0 Å². The van der Waals surface area contributed by atoms with Gasteiger partial charge in [-0.3, -0.25) is 0 Å². The van der Waals surface area contributed by atoms with Crippen molar-refractivity contribution in [3.05, 3.63) is 18.2 Å². The molecule has 0 spiro atoms. The van der Waals surface area contributed by atoms with Gasteiger partial charge in [0, 0.05) is 19.3 Å². The van der Waals surface area contributed by atoms with Crippen molar-refractivity contribution in [3.8, 4) is 0 Å². The molecule has 84 valence electrons. The van der Waals surface area contributed by atoms with Gasteiger partial charge in [0.05, 0.1) is 12.0 Å². The highest BCUT2D eigenvalue weighted by atomic mass is 15.1. The fourth-order valence-corrected chi connectivity index (χ4v) is 2.60. The lowest BCUT2D eigenvalue weighted by atomic mass is 9.80. The number of hydrogen-bond donors (Lipinski definition) is 1. The van der Waals surface area contributed by atoms with Crippen LogP contribution in [0.15, 0.2) is 12.5 Å². The molecule has 1 heterocycles. The SMILES string of the molecule is CC1CCCCC1Cn1cncc1CN. The maximum atomic E-state index is 5.67. The molecule has 0 amide bonds. The van der Waals surface area contributed by atoms with Gasteiger partial charge in [0.15, 0.2) is 0 Å². The molecular weight excluding hydrogens is 186 g/mol. The molecule has 15 heavy (non-hydrogen) atoms. The monoisotopic (exact) mass is 207 g/mol. The quantitative estimate of drug-likeness (QED) is 0.825. The van der Waals surface area contributed by atoms with Gasteiger partial charge in [-0.2, -0.15) is 0 Å². The molecule has 0 aliphatic heterocycles. The van der Waals surface area contributed by atoms with Crippen LogP contribution in [0.5, 0.6) is 0 Å². The molecule has 0 bridgehead atoms. The van der Waals surface area contributed by atoms with Gasteiger partial charge in [-0.25, -0.2) is 4.98 Å². The van der Waals surface area contributed by atoms with Gasteiger partial charge in [-0.05, 0) is 18.3 Å². The summed E-state index contributed by atoms with van der Waals surface area (Å²) in [5.74, 6) is 1.67. The third kappa shape index (κ3) is 2.40. The van der Waals surface area contributed by atoms with Crippen LogP contribution in [0, 0.1) is 11.8 Å². The van der Waals surface area contributed by atoms with E-state index in [0.29, 0.717) is 6.54 Å². The molecule has 0 radical (unpaired) electrons. The van der Waals surface area contributed by atoms with Gasteiger partial charge in [0.2, 0.25) is 0 Å². The first-order valence-electron chi connectivity index (χ1n) is 6.00. The molecule has 1 aromatic rings. The lowest BCUT2D eigenvalue weighted by molar-refractivity contribution is 0.227. The second-order valence-corrected chi connectivity index (χ2v) is 4.76. The van der Waals surface area contributed by atoms with Crippen molar-refractivity contribution in [1.82, 2.24) is 9.55 Å². The summed E-state index contributed by atoms with van der Waals surface area (Å²) in [4.78, 5) is 4.17. The Morgan fingerprint density at radius 3 is 3.00 bits per heavy atom. The highest BCUT2D eigenvalue weighted by Gasteiger charge is 2.21. The number of imidazole rings is 1. The summed E-state index contributed by atoms with van der Waals surface area (Å²) < 4.78 is 2.23. The van der Waals surface area contributed by atoms with E-state index in [0.717, 1.165) is 24.1 Å². The van der Waals surface area contributed by atoms with Crippen LogP contribution in [-0.2, 0) is 13.1 Å². The molecule has 1 aliphatic rings. The molecule has 0 aromatic carbocycles. The standard InChI is InChI=1S/C12H21N3/c1-10-4-2-3-5-11(10)8-15-9-14-7-12(15)6-13/h7,9-11H,2-6,8,13H2,1H3. The number of hydrogen-bond acceptors (Lipinski definition) is 2. The van der Waals surface area contributed by atoms with Crippen molar-refractivity contribution < 1.29 is 0 Å². The van der Waals surface area contributed by atoms with Crippen LogP contribution in [-0.4, -0.2) is 9.55 Å². The van der Waals surface area contributed by atoms with E-state index in [2.05, 4.69) is 16.5 Å². The Labute approximate surface area is 91.7 Å². The smallest absolute Gasteiger partial charge is 0.0948 e. The molecule has 3 nitrogen and oxygen atoms in total. The summed E-state index contributed by atoms with van der Waals surface area (Å²) in [6.07, 6.45) is 9.35. The molecule has 2 atom stereocenters. The Morgan fingerprint density at radius 2 is 2.27 bits per heavy atom. The van der Waals surface area contributed by atoms with E-state index in [9.17, 15) is 0 Å². The van der Waals surface area contributed by atoms with Crippen molar-refractivity contribution in [2.24, 2.45) is 17.6 Å². The average molecular weight is 207 g/mol. The average Bonchev–Trinajstić information content (AvgIpc) is 2.69. The van der Waals surface area contributed by atoms with Crippen molar-refractivity contribution in [2.45, 2.75) is 45.7 Å². The minimum absolute atomic E-state index is 0.598. The lowest BCUT2D eigenvalue weighted by Gasteiger charge is -2.29. The first-order valence-corrected chi connectivity index (χ1v) is 6.00. The zero-order valence-corrected chi connectivity index (χ0v) is 9.52. The van der Waals surface area contributed by atoms with Gasteiger partial charge in [0.1, 0.15) is 0 Å².